The maximum Gasteiger partial charge on any atom is 0.342 e. The van der Waals surface area contributed by atoms with E-state index in [4.69, 9.17) is 4.42 Å². The molecule has 3 aromatic rings. The van der Waals surface area contributed by atoms with Gasteiger partial charge in [-0.25, -0.2) is 4.79 Å². The summed E-state index contributed by atoms with van der Waals surface area (Å²) in [5.74, 6) is 0.515. The highest BCUT2D eigenvalue weighted by Crippen LogP contribution is 2.19. The van der Waals surface area contributed by atoms with E-state index in [1.165, 1.54) is 5.56 Å². The quantitative estimate of drug-likeness (QED) is 0.743. The van der Waals surface area contributed by atoms with Crippen LogP contribution in [0, 0.1) is 0 Å². The summed E-state index contributed by atoms with van der Waals surface area (Å²) in [6.45, 7) is 0. The number of aryl methyl sites for hydroxylation is 1. The van der Waals surface area contributed by atoms with E-state index in [1.807, 2.05) is 48.5 Å². The van der Waals surface area contributed by atoms with Crippen molar-refractivity contribution in [2.75, 3.05) is 0 Å². The summed E-state index contributed by atoms with van der Waals surface area (Å²) in [4.78, 5) is 12.2. The maximum atomic E-state index is 12.2. The summed E-state index contributed by atoms with van der Waals surface area (Å²) < 4.78 is 5.38. The standard InChI is InChI=1S/C21H20O3/c22-20-15-18(14-17-10-5-2-6-11-17)24-21(23)19(20)13-7-12-16-8-3-1-4-9-16/h1-6,8-11,15,22H,7,12-14H2. The minimum absolute atomic E-state index is 0.0326. The van der Waals surface area contributed by atoms with Crippen molar-refractivity contribution < 1.29 is 9.52 Å². The number of hydrogen-bond donors (Lipinski definition) is 1. The Morgan fingerprint density at radius 3 is 2.08 bits per heavy atom. The number of rotatable bonds is 6. The van der Waals surface area contributed by atoms with Crippen LogP contribution in [0.3, 0.4) is 0 Å². The summed E-state index contributed by atoms with van der Waals surface area (Å²) in [5, 5.41) is 10.2. The van der Waals surface area contributed by atoms with E-state index in [9.17, 15) is 9.90 Å². The zero-order valence-corrected chi connectivity index (χ0v) is 13.4. The molecule has 0 aliphatic heterocycles. The molecule has 3 nitrogen and oxygen atoms in total. The number of aromatic hydroxyl groups is 1. The van der Waals surface area contributed by atoms with E-state index < -0.39 is 5.63 Å². The highest BCUT2D eigenvalue weighted by atomic mass is 16.4. The van der Waals surface area contributed by atoms with Crippen LogP contribution in [0.25, 0.3) is 0 Å². The first kappa shape index (κ1) is 16.1. The van der Waals surface area contributed by atoms with Crippen LogP contribution in [0.15, 0.2) is 75.9 Å². The molecule has 122 valence electrons. The van der Waals surface area contributed by atoms with Crippen molar-refractivity contribution in [3.63, 3.8) is 0 Å². The van der Waals surface area contributed by atoms with E-state index in [-0.39, 0.29) is 5.75 Å². The Morgan fingerprint density at radius 2 is 1.46 bits per heavy atom. The molecule has 1 heterocycles. The van der Waals surface area contributed by atoms with Crippen LogP contribution < -0.4 is 5.63 Å². The van der Waals surface area contributed by atoms with Crippen LogP contribution in [-0.2, 0) is 19.3 Å². The molecular formula is C21H20O3. The second-order valence-electron chi connectivity index (χ2n) is 5.87. The first-order valence-electron chi connectivity index (χ1n) is 8.15. The van der Waals surface area contributed by atoms with Crippen LogP contribution in [-0.4, -0.2) is 5.11 Å². The SMILES string of the molecule is O=c1oc(Cc2ccccc2)cc(O)c1CCCc1ccccc1. The molecule has 0 radical (unpaired) electrons. The normalized spacial score (nSPS) is 10.7. The van der Waals surface area contributed by atoms with Crippen molar-refractivity contribution in [2.45, 2.75) is 25.7 Å². The van der Waals surface area contributed by atoms with E-state index in [1.54, 1.807) is 6.07 Å². The van der Waals surface area contributed by atoms with Gasteiger partial charge in [0.25, 0.3) is 0 Å². The Labute approximate surface area is 141 Å². The molecule has 1 N–H and O–H groups in total. The molecule has 3 heteroatoms. The lowest BCUT2D eigenvalue weighted by Crippen LogP contribution is -2.10. The summed E-state index contributed by atoms with van der Waals surface area (Å²) in [5.41, 5.74) is 2.19. The molecule has 0 atom stereocenters. The van der Waals surface area contributed by atoms with E-state index in [0.717, 1.165) is 18.4 Å². The lowest BCUT2D eigenvalue weighted by atomic mass is 10.0. The molecular weight excluding hydrogens is 300 g/mol. The molecule has 1 aromatic heterocycles. The Bertz CT molecular complexity index is 836. The molecule has 0 saturated carbocycles. The van der Waals surface area contributed by atoms with Crippen molar-refractivity contribution in [1.82, 2.24) is 0 Å². The number of benzene rings is 2. The van der Waals surface area contributed by atoms with Gasteiger partial charge in [0.2, 0.25) is 0 Å². The first-order valence-corrected chi connectivity index (χ1v) is 8.15. The fourth-order valence-corrected chi connectivity index (χ4v) is 2.78. The van der Waals surface area contributed by atoms with Gasteiger partial charge in [-0.1, -0.05) is 60.7 Å². The van der Waals surface area contributed by atoms with Crippen molar-refractivity contribution >= 4 is 0 Å². The average Bonchev–Trinajstić information content (AvgIpc) is 2.59. The Morgan fingerprint density at radius 1 is 0.833 bits per heavy atom. The van der Waals surface area contributed by atoms with Gasteiger partial charge in [-0.2, -0.15) is 0 Å². The van der Waals surface area contributed by atoms with Crippen LogP contribution >= 0.6 is 0 Å². The Kier molecular flexibility index (Phi) is 5.12. The van der Waals surface area contributed by atoms with Crippen molar-refractivity contribution in [1.29, 1.82) is 0 Å². The molecule has 3 rings (SSSR count). The van der Waals surface area contributed by atoms with E-state index in [0.29, 0.717) is 24.2 Å². The third-order valence-corrected chi connectivity index (χ3v) is 4.03. The summed E-state index contributed by atoms with van der Waals surface area (Å²) in [7, 11) is 0. The van der Waals surface area contributed by atoms with Crippen LogP contribution in [0.1, 0.15) is 28.9 Å². The lowest BCUT2D eigenvalue weighted by Gasteiger charge is -2.06. The molecule has 0 bridgehead atoms. The largest absolute Gasteiger partial charge is 0.507 e. The van der Waals surface area contributed by atoms with Crippen molar-refractivity contribution in [2.24, 2.45) is 0 Å². The van der Waals surface area contributed by atoms with Gasteiger partial charge < -0.3 is 9.52 Å². The van der Waals surface area contributed by atoms with Gasteiger partial charge in [0.05, 0.1) is 5.56 Å². The van der Waals surface area contributed by atoms with Crippen LogP contribution in [0.4, 0.5) is 0 Å². The molecule has 0 spiro atoms. The highest BCUT2D eigenvalue weighted by Gasteiger charge is 2.11. The van der Waals surface area contributed by atoms with Gasteiger partial charge in [-0.05, 0) is 30.4 Å². The molecule has 0 aliphatic carbocycles. The van der Waals surface area contributed by atoms with Crippen LogP contribution in [0.2, 0.25) is 0 Å². The van der Waals surface area contributed by atoms with Gasteiger partial charge in [0.1, 0.15) is 11.5 Å². The molecule has 0 saturated heterocycles. The zero-order chi connectivity index (χ0) is 16.8. The molecule has 0 aliphatic rings. The monoisotopic (exact) mass is 320 g/mol. The minimum Gasteiger partial charge on any atom is -0.507 e. The average molecular weight is 320 g/mol. The van der Waals surface area contributed by atoms with Gasteiger partial charge in [0.15, 0.2) is 0 Å². The smallest absolute Gasteiger partial charge is 0.342 e. The Balaban J connectivity index is 1.67. The second kappa shape index (κ2) is 7.64. The van der Waals surface area contributed by atoms with Gasteiger partial charge >= 0.3 is 5.63 Å². The first-order chi connectivity index (χ1) is 11.7. The predicted molar refractivity (Wildman–Crippen MR) is 94.4 cm³/mol. The fraction of sp³-hybridized carbons (Fsp3) is 0.190. The molecule has 0 unspecified atom stereocenters. The van der Waals surface area contributed by atoms with E-state index >= 15 is 0 Å². The summed E-state index contributed by atoms with van der Waals surface area (Å²) in [6, 6.07) is 21.4. The summed E-state index contributed by atoms with van der Waals surface area (Å²) in [6.07, 6.45) is 2.66. The maximum absolute atomic E-state index is 12.2. The third-order valence-electron chi connectivity index (χ3n) is 4.03. The van der Waals surface area contributed by atoms with Gasteiger partial charge in [-0.3, -0.25) is 0 Å². The zero-order valence-electron chi connectivity index (χ0n) is 13.4. The predicted octanol–water partition coefficient (Wildman–Crippen LogP) is 4.11. The van der Waals surface area contributed by atoms with Gasteiger partial charge in [0, 0.05) is 12.5 Å². The second-order valence-corrected chi connectivity index (χ2v) is 5.87. The fourth-order valence-electron chi connectivity index (χ4n) is 2.78. The van der Waals surface area contributed by atoms with Crippen molar-refractivity contribution in [3.05, 3.63) is 99.6 Å². The van der Waals surface area contributed by atoms with E-state index in [2.05, 4.69) is 12.1 Å². The third kappa shape index (κ3) is 4.13. The minimum atomic E-state index is -0.436. The molecule has 0 fully saturated rings. The number of hydrogen-bond acceptors (Lipinski definition) is 3. The molecule has 0 amide bonds. The molecule has 2 aromatic carbocycles. The highest BCUT2D eigenvalue weighted by molar-refractivity contribution is 5.32. The Hall–Kier alpha value is -2.81. The van der Waals surface area contributed by atoms with Crippen LogP contribution in [0.5, 0.6) is 5.75 Å². The lowest BCUT2D eigenvalue weighted by molar-refractivity contribution is 0.415. The van der Waals surface area contributed by atoms with Gasteiger partial charge in [-0.15, -0.1) is 0 Å². The topological polar surface area (TPSA) is 50.4 Å². The molecule has 24 heavy (non-hydrogen) atoms. The van der Waals surface area contributed by atoms with Crippen molar-refractivity contribution in [3.8, 4) is 5.75 Å². The summed E-state index contributed by atoms with van der Waals surface area (Å²) >= 11 is 0.